The molecule has 2 aromatic carbocycles. The highest BCUT2D eigenvalue weighted by molar-refractivity contribution is 5.95. The maximum atomic E-state index is 11.2. The molecule has 0 aliphatic rings. The molecule has 1 aromatic heterocycles. The average molecular weight is 267 g/mol. The lowest BCUT2D eigenvalue weighted by Crippen LogP contribution is -2.02. The Kier molecular flexibility index (Phi) is 2.76. The van der Waals surface area contributed by atoms with E-state index in [0.717, 1.165) is 0 Å². The van der Waals surface area contributed by atoms with Crippen molar-refractivity contribution in [1.82, 2.24) is 15.2 Å². The van der Waals surface area contributed by atoms with Crippen LogP contribution in [0.3, 0.4) is 0 Å². The quantitative estimate of drug-likeness (QED) is 0.738. The molecule has 0 atom stereocenters. The molecule has 0 aliphatic heterocycles. The average Bonchev–Trinajstić information content (AvgIpc) is 2.46. The zero-order chi connectivity index (χ0) is 14.1. The third-order valence-corrected chi connectivity index (χ3v) is 2.84. The number of phenolic OH excluding ortho intramolecular Hbond substituents is 1. The van der Waals surface area contributed by atoms with Crippen LogP contribution in [-0.2, 0) is 0 Å². The van der Waals surface area contributed by atoms with Crippen LogP contribution in [0.4, 0.5) is 0 Å². The van der Waals surface area contributed by atoms with Crippen molar-refractivity contribution >= 4 is 17.0 Å². The van der Waals surface area contributed by atoms with Crippen molar-refractivity contribution in [1.29, 1.82) is 0 Å². The normalized spacial score (nSPS) is 10.6. The van der Waals surface area contributed by atoms with Gasteiger partial charge in [-0.15, -0.1) is 10.2 Å². The van der Waals surface area contributed by atoms with Gasteiger partial charge in [-0.05, 0) is 18.2 Å². The molecule has 6 nitrogen and oxygen atoms in total. The molecule has 0 bridgehead atoms. The number of rotatable bonds is 2. The first-order valence-corrected chi connectivity index (χ1v) is 5.81. The first-order valence-electron chi connectivity index (χ1n) is 5.81. The molecular weight excluding hydrogens is 258 g/mol. The van der Waals surface area contributed by atoms with Crippen LogP contribution in [0.15, 0.2) is 42.5 Å². The number of hydrogen-bond donors (Lipinski definition) is 2. The summed E-state index contributed by atoms with van der Waals surface area (Å²) in [6.45, 7) is 0. The lowest BCUT2D eigenvalue weighted by molar-refractivity contribution is 0.0697. The summed E-state index contributed by atoms with van der Waals surface area (Å²) in [5.74, 6) is -0.733. The molecule has 0 spiro atoms. The molecule has 2 N–H and O–H groups in total. The molecule has 3 rings (SSSR count). The van der Waals surface area contributed by atoms with Crippen LogP contribution >= 0.6 is 0 Å². The van der Waals surface area contributed by atoms with Gasteiger partial charge in [-0.2, -0.15) is 0 Å². The number of carboxylic acids is 1. The molecule has 0 fully saturated rings. The number of aromatic nitrogens is 3. The van der Waals surface area contributed by atoms with Gasteiger partial charge in [-0.25, -0.2) is 9.78 Å². The van der Waals surface area contributed by atoms with Crippen molar-refractivity contribution in [2.24, 2.45) is 0 Å². The molecule has 1 heterocycles. The summed E-state index contributed by atoms with van der Waals surface area (Å²) in [6, 6.07) is 11.0. The SMILES string of the molecule is O=C(O)c1ccccc1-c1nnc2cc(O)ccc2n1. The summed E-state index contributed by atoms with van der Waals surface area (Å²) in [7, 11) is 0. The second-order valence-electron chi connectivity index (χ2n) is 4.16. The number of carboxylic acid groups (broad SMARTS) is 1. The highest BCUT2D eigenvalue weighted by Crippen LogP contribution is 2.22. The monoisotopic (exact) mass is 267 g/mol. The molecule has 0 saturated heterocycles. The Bertz CT molecular complexity index is 818. The second-order valence-corrected chi connectivity index (χ2v) is 4.16. The van der Waals surface area contributed by atoms with Crippen molar-refractivity contribution in [3.8, 4) is 17.1 Å². The van der Waals surface area contributed by atoms with Gasteiger partial charge in [0.2, 0.25) is 0 Å². The number of fused-ring (bicyclic) bond motifs is 1. The van der Waals surface area contributed by atoms with Crippen molar-refractivity contribution < 1.29 is 15.0 Å². The van der Waals surface area contributed by atoms with Crippen LogP contribution in [0.25, 0.3) is 22.4 Å². The van der Waals surface area contributed by atoms with E-state index in [1.807, 2.05) is 0 Å². The van der Waals surface area contributed by atoms with Crippen LogP contribution in [0, 0.1) is 0 Å². The minimum Gasteiger partial charge on any atom is -0.508 e. The fourth-order valence-electron chi connectivity index (χ4n) is 1.90. The van der Waals surface area contributed by atoms with E-state index in [0.29, 0.717) is 16.6 Å². The molecule has 0 aliphatic carbocycles. The maximum Gasteiger partial charge on any atom is 0.336 e. The first kappa shape index (κ1) is 12.0. The Morgan fingerprint density at radius 3 is 2.60 bits per heavy atom. The smallest absolute Gasteiger partial charge is 0.336 e. The summed E-state index contributed by atoms with van der Waals surface area (Å²) in [4.78, 5) is 15.5. The fraction of sp³-hybridized carbons (Fsp3) is 0. The van der Waals surface area contributed by atoms with Gasteiger partial charge in [0.15, 0.2) is 5.82 Å². The van der Waals surface area contributed by atoms with Crippen LogP contribution in [0.2, 0.25) is 0 Å². The summed E-state index contributed by atoms with van der Waals surface area (Å²) < 4.78 is 0. The number of aromatic carboxylic acids is 1. The highest BCUT2D eigenvalue weighted by atomic mass is 16.4. The summed E-state index contributed by atoms with van der Waals surface area (Å²) in [5, 5.41) is 26.4. The van der Waals surface area contributed by atoms with E-state index in [2.05, 4.69) is 15.2 Å². The van der Waals surface area contributed by atoms with Gasteiger partial charge < -0.3 is 10.2 Å². The summed E-state index contributed by atoms with van der Waals surface area (Å²) >= 11 is 0. The van der Waals surface area contributed by atoms with Gasteiger partial charge >= 0.3 is 5.97 Å². The minimum atomic E-state index is -1.05. The first-order chi connectivity index (χ1) is 9.65. The Labute approximate surface area is 113 Å². The standard InChI is InChI=1S/C14H9N3O3/c18-8-5-6-11-12(7-8)16-17-13(15-11)9-3-1-2-4-10(9)14(19)20/h1-7,18H,(H,19,20). The molecule has 0 radical (unpaired) electrons. The Morgan fingerprint density at radius 2 is 1.80 bits per heavy atom. The Balaban J connectivity index is 2.20. The maximum absolute atomic E-state index is 11.2. The zero-order valence-electron chi connectivity index (χ0n) is 10.2. The van der Waals surface area contributed by atoms with Crippen LogP contribution in [0.1, 0.15) is 10.4 Å². The zero-order valence-corrected chi connectivity index (χ0v) is 10.2. The topological polar surface area (TPSA) is 96.2 Å². The van der Waals surface area contributed by atoms with Crippen molar-refractivity contribution in [2.45, 2.75) is 0 Å². The third-order valence-electron chi connectivity index (χ3n) is 2.84. The van der Waals surface area contributed by atoms with Gasteiger partial charge in [0, 0.05) is 11.6 Å². The van der Waals surface area contributed by atoms with E-state index >= 15 is 0 Å². The minimum absolute atomic E-state index is 0.0762. The number of aromatic hydroxyl groups is 1. The van der Waals surface area contributed by atoms with Gasteiger partial charge in [0.25, 0.3) is 0 Å². The number of benzene rings is 2. The molecule has 20 heavy (non-hydrogen) atoms. The van der Waals surface area contributed by atoms with E-state index in [4.69, 9.17) is 5.11 Å². The molecule has 6 heteroatoms. The number of carbonyl (C=O) groups is 1. The van der Waals surface area contributed by atoms with Crippen molar-refractivity contribution in [3.63, 3.8) is 0 Å². The van der Waals surface area contributed by atoms with Gasteiger partial charge in [0.05, 0.1) is 11.1 Å². The third kappa shape index (κ3) is 2.03. The molecule has 98 valence electrons. The predicted molar refractivity (Wildman–Crippen MR) is 71.4 cm³/mol. The van der Waals surface area contributed by atoms with Crippen molar-refractivity contribution in [2.75, 3.05) is 0 Å². The summed E-state index contributed by atoms with van der Waals surface area (Å²) in [5.41, 5.74) is 1.50. The molecule has 0 saturated carbocycles. The van der Waals surface area contributed by atoms with E-state index in [9.17, 15) is 9.90 Å². The van der Waals surface area contributed by atoms with Crippen LogP contribution in [-0.4, -0.2) is 31.4 Å². The van der Waals surface area contributed by atoms with Gasteiger partial charge in [-0.1, -0.05) is 18.2 Å². The number of hydrogen-bond acceptors (Lipinski definition) is 5. The molecule has 0 amide bonds. The van der Waals surface area contributed by atoms with E-state index in [1.165, 1.54) is 18.2 Å². The van der Waals surface area contributed by atoms with Crippen molar-refractivity contribution in [3.05, 3.63) is 48.0 Å². The molecular formula is C14H9N3O3. The van der Waals surface area contributed by atoms with E-state index in [1.54, 1.807) is 24.3 Å². The largest absolute Gasteiger partial charge is 0.508 e. The predicted octanol–water partition coefficient (Wildman–Crippen LogP) is 2.10. The molecule has 0 unspecified atom stereocenters. The second kappa shape index (κ2) is 4.58. The van der Waals surface area contributed by atoms with Gasteiger partial charge in [0.1, 0.15) is 11.3 Å². The molecule has 3 aromatic rings. The fourth-order valence-corrected chi connectivity index (χ4v) is 1.90. The van der Waals surface area contributed by atoms with Crippen LogP contribution in [0.5, 0.6) is 5.75 Å². The lowest BCUT2D eigenvalue weighted by atomic mass is 10.1. The Morgan fingerprint density at radius 1 is 1.00 bits per heavy atom. The lowest BCUT2D eigenvalue weighted by Gasteiger charge is -2.04. The van der Waals surface area contributed by atoms with E-state index < -0.39 is 5.97 Å². The highest BCUT2D eigenvalue weighted by Gasteiger charge is 2.14. The summed E-state index contributed by atoms with van der Waals surface area (Å²) in [6.07, 6.45) is 0. The van der Waals surface area contributed by atoms with Gasteiger partial charge in [-0.3, -0.25) is 0 Å². The van der Waals surface area contributed by atoms with Crippen LogP contribution < -0.4 is 0 Å². The number of phenols is 1. The Hall–Kier alpha value is -3.02. The number of nitrogens with zero attached hydrogens (tertiary/aromatic N) is 3. The van der Waals surface area contributed by atoms with E-state index in [-0.39, 0.29) is 17.1 Å².